The summed E-state index contributed by atoms with van der Waals surface area (Å²) < 4.78 is 8.58. The summed E-state index contributed by atoms with van der Waals surface area (Å²) in [6, 6.07) is 28.5. The number of hydrogen-bond acceptors (Lipinski definition) is 6. The van der Waals surface area contributed by atoms with Gasteiger partial charge < -0.3 is 10.2 Å². The second-order valence-electron chi connectivity index (χ2n) is 9.03. The molecular weight excluding hydrogens is 540 g/mol. The molecule has 1 unspecified atom stereocenters. The van der Waals surface area contributed by atoms with Gasteiger partial charge in [-0.1, -0.05) is 58.4 Å². The number of anilines is 1. The molecule has 1 aliphatic heterocycles. The second kappa shape index (κ2) is 11.6. The first-order valence-electron chi connectivity index (χ1n) is 12.4. The van der Waals surface area contributed by atoms with E-state index < -0.39 is 0 Å². The fourth-order valence-electron chi connectivity index (χ4n) is 4.40. The minimum absolute atomic E-state index is 0.0427. The van der Waals surface area contributed by atoms with Crippen LogP contribution in [0.15, 0.2) is 111 Å². The fraction of sp³-hybridized carbons (Fsp3) is 0.167. The molecule has 0 fully saturated rings. The zero-order chi connectivity index (χ0) is 26.5. The highest BCUT2D eigenvalue weighted by atomic mass is 79.9. The van der Waals surface area contributed by atoms with Gasteiger partial charge in [-0.25, -0.2) is 9.67 Å². The Balaban J connectivity index is 0.000000179. The average molecular weight is 570 g/mol. The van der Waals surface area contributed by atoms with Crippen LogP contribution in [-0.2, 0) is 6.54 Å². The molecule has 0 radical (unpaired) electrons. The van der Waals surface area contributed by atoms with Crippen molar-refractivity contribution in [2.75, 3.05) is 5.01 Å². The fourth-order valence-corrected chi connectivity index (χ4v) is 4.67. The van der Waals surface area contributed by atoms with Crippen molar-refractivity contribution < 1.29 is 4.42 Å². The zero-order valence-corrected chi connectivity index (χ0v) is 22.9. The maximum atomic E-state index is 5.69. The summed E-state index contributed by atoms with van der Waals surface area (Å²) >= 11 is 3.41. The lowest BCUT2D eigenvalue weighted by Crippen LogP contribution is -2.18. The Morgan fingerprint density at radius 3 is 2.26 bits per heavy atom. The van der Waals surface area contributed by atoms with Gasteiger partial charge in [0.15, 0.2) is 0 Å². The average Bonchev–Trinajstić information content (AvgIpc) is 3.70. The molecule has 192 valence electrons. The van der Waals surface area contributed by atoms with Gasteiger partial charge in [0.2, 0.25) is 5.89 Å². The van der Waals surface area contributed by atoms with Crippen LogP contribution >= 0.6 is 15.9 Å². The summed E-state index contributed by atoms with van der Waals surface area (Å²) in [4.78, 5) is 4.33. The van der Waals surface area contributed by atoms with Crippen LogP contribution < -0.4 is 10.7 Å². The number of aromatic nitrogens is 3. The van der Waals surface area contributed by atoms with Crippen LogP contribution in [0.2, 0.25) is 0 Å². The highest BCUT2D eigenvalue weighted by Gasteiger charge is 2.32. The van der Waals surface area contributed by atoms with Crippen LogP contribution in [0.3, 0.4) is 0 Å². The van der Waals surface area contributed by atoms with Crippen molar-refractivity contribution >= 4 is 27.3 Å². The topological polar surface area (TPSA) is 85.5 Å². The van der Waals surface area contributed by atoms with Crippen LogP contribution in [0.4, 0.5) is 5.69 Å². The van der Waals surface area contributed by atoms with E-state index in [9.17, 15) is 0 Å². The van der Waals surface area contributed by atoms with Gasteiger partial charge >= 0.3 is 0 Å². The van der Waals surface area contributed by atoms with Crippen molar-refractivity contribution in [2.45, 2.75) is 32.9 Å². The van der Waals surface area contributed by atoms with E-state index in [1.54, 1.807) is 12.5 Å². The molecule has 3 heterocycles. The number of benzene rings is 3. The maximum absolute atomic E-state index is 5.69. The number of aryl methyl sites for hydroxylation is 2. The van der Waals surface area contributed by atoms with Crippen LogP contribution in [0, 0.1) is 13.8 Å². The molecule has 0 bridgehead atoms. The summed E-state index contributed by atoms with van der Waals surface area (Å²) in [5, 5.41) is 11.2. The molecule has 2 aromatic heterocycles. The molecule has 38 heavy (non-hydrogen) atoms. The Labute approximate surface area is 230 Å². The van der Waals surface area contributed by atoms with Gasteiger partial charge in [-0.3, -0.25) is 5.01 Å². The maximum Gasteiger partial charge on any atom is 0.219 e. The number of nitrogens with two attached hydrogens (primary N) is 1. The third-order valence-electron chi connectivity index (χ3n) is 6.27. The second-order valence-corrected chi connectivity index (χ2v) is 9.95. The predicted octanol–water partition coefficient (Wildman–Crippen LogP) is 6.74. The first-order valence-corrected chi connectivity index (χ1v) is 13.2. The van der Waals surface area contributed by atoms with Crippen LogP contribution in [0.1, 0.15) is 40.9 Å². The van der Waals surface area contributed by atoms with E-state index in [4.69, 9.17) is 15.3 Å². The van der Waals surface area contributed by atoms with E-state index in [-0.39, 0.29) is 6.04 Å². The van der Waals surface area contributed by atoms with Gasteiger partial charge in [-0.15, -0.1) is 0 Å². The van der Waals surface area contributed by atoms with Gasteiger partial charge in [0.05, 0.1) is 29.0 Å². The molecule has 5 aromatic rings. The zero-order valence-electron chi connectivity index (χ0n) is 21.3. The molecule has 0 spiro atoms. The Bertz CT molecular complexity index is 1490. The number of rotatable bonds is 5. The highest BCUT2D eigenvalue weighted by Crippen LogP contribution is 2.36. The molecule has 0 saturated carbocycles. The van der Waals surface area contributed by atoms with Crippen molar-refractivity contribution in [1.82, 2.24) is 14.8 Å². The van der Waals surface area contributed by atoms with Crippen molar-refractivity contribution in [1.29, 1.82) is 0 Å². The molecule has 0 saturated heterocycles. The van der Waals surface area contributed by atoms with E-state index in [2.05, 4.69) is 51.1 Å². The van der Waals surface area contributed by atoms with E-state index in [0.29, 0.717) is 12.4 Å². The van der Waals surface area contributed by atoms with Crippen LogP contribution in [0.5, 0.6) is 0 Å². The lowest BCUT2D eigenvalue weighted by molar-refractivity contribution is 0.449. The Kier molecular flexibility index (Phi) is 7.81. The summed E-state index contributed by atoms with van der Waals surface area (Å²) in [5.41, 5.74) is 13.2. The number of halogens is 1. The van der Waals surface area contributed by atoms with Crippen molar-refractivity contribution in [3.05, 3.63) is 130 Å². The highest BCUT2D eigenvalue weighted by molar-refractivity contribution is 9.10. The number of oxazole rings is 1. The Morgan fingerprint density at radius 2 is 1.66 bits per heavy atom. The van der Waals surface area contributed by atoms with E-state index in [0.717, 1.165) is 50.5 Å². The van der Waals surface area contributed by atoms with Gasteiger partial charge in [0.25, 0.3) is 0 Å². The standard InChI is InChI=1S/C19H18N4O.C11H11BrN2/c20-13-14-6-8-16(9-7-14)23-18(19-21-10-11-24-19)12-17(22-23)15-4-2-1-3-5-15;1-8-7-9(2)14(13-8)11-5-3-10(12)4-6-11/h1-11,18H,12-13,20H2;3-7H,1-2H3. The third-order valence-corrected chi connectivity index (χ3v) is 6.80. The minimum atomic E-state index is -0.0427. The minimum Gasteiger partial charge on any atom is -0.447 e. The predicted molar refractivity (Wildman–Crippen MR) is 154 cm³/mol. The first kappa shape index (κ1) is 25.6. The van der Waals surface area contributed by atoms with Crippen molar-refractivity contribution in [3.8, 4) is 5.69 Å². The van der Waals surface area contributed by atoms with Crippen molar-refractivity contribution in [2.24, 2.45) is 10.8 Å². The Morgan fingerprint density at radius 1 is 0.947 bits per heavy atom. The molecule has 1 atom stereocenters. The van der Waals surface area contributed by atoms with Crippen molar-refractivity contribution in [3.63, 3.8) is 0 Å². The summed E-state index contributed by atoms with van der Waals surface area (Å²) in [6.07, 6.45) is 4.03. The molecule has 7 nitrogen and oxygen atoms in total. The summed E-state index contributed by atoms with van der Waals surface area (Å²) in [7, 11) is 0. The van der Waals surface area contributed by atoms with Gasteiger partial charge in [0.1, 0.15) is 12.3 Å². The van der Waals surface area contributed by atoms with E-state index >= 15 is 0 Å². The molecule has 0 amide bonds. The molecule has 1 aliphatic rings. The molecular formula is C30H29BrN6O. The SMILES string of the molecule is Cc1cc(C)n(-c2ccc(Br)cc2)n1.NCc1ccc(N2N=C(c3ccccc3)CC2c2ncco2)cc1. The smallest absolute Gasteiger partial charge is 0.219 e. The van der Waals surface area contributed by atoms with Gasteiger partial charge in [-0.05, 0) is 67.4 Å². The molecule has 0 aliphatic carbocycles. The molecule has 8 heteroatoms. The summed E-state index contributed by atoms with van der Waals surface area (Å²) in [5.74, 6) is 0.674. The van der Waals surface area contributed by atoms with Crippen LogP contribution in [-0.4, -0.2) is 20.5 Å². The number of nitrogens with zero attached hydrogens (tertiary/aromatic N) is 5. The van der Waals surface area contributed by atoms with E-state index in [1.165, 1.54) is 0 Å². The van der Waals surface area contributed by atoms with E-state index in [1.807, 2.05) is 83.3 Å². The largest absolute Gasteiger partial charge is 0.447 e. The lowest BCUT2D eigenvalue weighted by Gasteiger charge is -2.21. The quantitative estimate of drug-likeness (QED) is 0.253. The van der Waals surface area contributed by atoms with Gasteiger partial charge in [0, 0.05) is 23.1 Å². The molecule has 2 N–H and O–H groups in total. The normalized spacial score (nSPS) is 14.7. The molecule has 3 aromatic carbocycles. The lowest BCUT2D eigenvalue weighted by atomic mass is 10.0. The summed E-state index contributed by atoms with van der Waals surface area (Å²) in [6.45, 7) is 4.59. The molecule has 6 rings (SSSR count). The van der Waals surface area contributed by atoms with Gasteiger partial charge in [-0.2, -0.15) is 10.2 Å². The Hall–Kier alpha value is -4.01. The number of hydrogen-bond donors (Lipinski definition) is 1. The first-order chi connectivity index (χ1) is 18.5. The third kappa shape index (κ3) is 5.77. The monoisotopic (exact) mass is 568 g/mol. The van der Waals surface area contributed by atoms with Crippen LogP contribution in [0.25, 0.3) is 5.69 Å². The number of hydrazone groups is 1.